The molecule has 0 saturated heterocycles. The topological polar surface area (TPSA) is 18.5 Å². The highest BCUT2D eigenvalue weighted by Crippen LogP contribution is 2.06. The van der Waals surface area contributed by atoms with Crippen molar-refractivity contribution in [2.45, 2.75) is 25.6 Å². The van der Waals surface area contributed by atoms with Gasteiger partial charge < -0.3 is 9.47 Å². The van der Waals surface area contributed by atoms with Gasteiger partial charge in [-0.05, 0) is 6.42 Å². The molecule has 2 atom stereocenters. The molecular formula is C8H16O2. The summed E-state index contributed by atoms with van der Waals surface area (Å²) in [5, 5.41) is 0. The Kier molecular flexibility index (Phi) is 5.26. The minimum Gasteiger partial charge on any atom is -0.378 e. The van der Waals surface area contributed by atoms with Gasteiger partial charge in [0.05, 0.1) is 6.10 Å². The van der Waals surface area contributed by atoms with Gasteiger partial charge in [0.1, 0.15) is 6.10 Å². The zero-order valence-electron chi connectivity index (χ0n) is 6.96. The second-order valence-electron chi connectivity index (χ2n) is 2.12. The third-order valence-corrected chi connectivity index (χ3v) is 1.58. The van der Waals surface area contributed by atoms with E-state index >= 15 is 0 Å². The molecule has 0 aromatic carbocycles. The molecule has 0 heterocycles. The maximum atomic E-state index is 5.15. The molecule has 2 nitrogen and oxygen atoms in total. The lowest BCUT2D eigenvalue weighted by Gasteiger charge is -2.19. The smallest absolute Gasteiger partial charge is 0.101 e. The van der Waals surface area contributed by atoms with Gasteiger partial charge in [-0.2, -0.15) is 0 Å². The van der Waals surface area contributed by atoms with Gasteiger partial charge in [-0.1, -0.05) is 13.0 Å². The molecule has 0 amide bonds. The van der Waals surface area contributed by atoms with Crippen molar-refractivity contribution in [1.29, 1.82) is 0 Å². The fourth-order valence-corrected chi connectivity index (χ4v) is 0.933. The fraction of sp³-hybridized carbons (Fsp3) is 0.750. The van der Waals surface area contributed by atoms with Crippen molar-refractivity contribution in [2.24, 2.45) is 0 Å². The van der Waals surface area contributed by atoms with Gasteiger partial charge in [0.25, 0.3) is 0 Å². The Hall–Kier alpha value is -0.340. The Morgan fingerprint density at radius 3 is 2.10 bits per heavy atom. The van der Waals surface area contributed by atoms with Crippen LogP contribution in [0.5, 0.6) is 0 Å². The minimum absolute atomic E-state index is 0.0231. The van der Waals surface area contributed by atoms with Gasteiger partial charge in [-0.3, -0.25) is 0 Å². The number of hydrogen-bond donors (Lipinski definition) is 0. The van der Waals surface area contributed by atoms with Crippen LogP contribution in [0.4, 0.5) is 0 Å². The third kappa shape index (κ3) is 2.50. The van der Waals surface area contributed by atoms with E-state index in [1.54, 1.807) is 20.3 Å². The van der Waals surface area contributed by atoms with Crippen LogP contribution in [0.2, 0.25) is 0 Å². The van der Waals surface area contributed by atoms with Crippen LogP contribution in [0.3, 0.4) is 0 Å². The molecule has 0 bridgehead atoms. The van der Waals surface area contributed by atoms with Crippen molar-refractivity contribution >= 4 is 0 Å². The summed E-state index contributed by atoms with van der Waals surface area (Å²) in [6, 6.07) is 0. The van der Waals surface area contributed by atoms with Gasteiger partial charge in [0, 0.05) is 14.2 Å². The Morgan fingerprint density at radius 1 is 1.40 bits per heavy atom. The largest absolute Gasteiger partial charge is 0.378 e. The second-order valence-corrected chi connectivity index (χ2v) is 2.12. The summed E-state index contributed by atoms with van der Waals surface area (Å²) < 4.78 is 10.2. The molecule has 0 fully saturated rings. The minimum atomic E-state index is 0.0231. The molecule has 2 heteroatoms. The molecule has 0 aromatic heterocycles. The zero-order valence-corrected chi connectivity index (χ0v) is 6.96. The van der Waals surface area contributed by atoms with Gasteiger partial charge >= 0.3 is 0 Å². The van der Waals surface area contributed by atoms with E-state index in [0.29, 0.717) is 0 Å². The number of methoxy groups -OCH3 is 2. The van der Waals surface area contributed by atoms with E-state index in [-0.39, 0.29) is 12.2 Å². The monoisotopic (exact) mass is 144 g/mol. The quantitative estimate of drug-likeness (QED) is 0.546. The molecule has 0 aliphatic rings. The van der Waals surface area contributed by atoms with E-state index in [2.05, 4.69) is 13.5 Å². The molecule has 0 radical (unpaired) electrons. The summed E-state index contributed by atoms with van der Waals surface area (Å²) in [7, 11) is 3.34. The highest BCUT2D eigenvalue weighted by Gasteiger charge is 2.14. The predicted molar refractivity (Wildman–Crippen MR) is 42.1 cm³/mol. The Balaban J connectivity index is 3.81. The van der Waals surface area contributed by atoms with Crippen LogP contribution in [-0.4, -0.2) is 26.4 Å². The molecule has 0 aliphatic heterocycles. The zero-order chi connectivity index (χ0) is 7.98. The summed E-state index contributed by atoms with van der Waals surface area (Å²) in [6.07, 6.45) is 2.87. The Bertz CT molecular complexity index is 87.3. The lowest BCUT2D eigenvalue weighted by molar-refractivity contribution is -0.0126. The molecule has 10 heavy (non-hydrogen) atoms. The maximum absolute atomic E-state index is 5.15. The standard InChI is InChI=1S/C8H16O2/c1-5-7(9-3)8(6-2)10-4/h5,7-8H,1,6H2,2-4H3. The molecule has 0 saturated carbocycles. The molecule has 0 spiro atoms. The average Bonchev–Trinajstić information content (AvgIpc) is 2.00. The number of rotatable bonds is 5. The molecular weight excluding hydrogens is 128 g/mol. The van der Waals surface area contributed by atoms with E-state index in [0.717, 1.165) is 6.42 Å². The predicted octanol–water partition coefficient (Wildman–Crippen LogP) is 1.61. The first kappa shape index (κ1) is 9.66. The van der Waals surface area contributed by atoms with Crippen molar-refractivity contribution in [2.75, 3.05) is 14.2 Å². The summed E-state index contributed by atoms with van der Waals surface area (Å²) >= 11 is 0. The van der Waals surface area contributed by atoms with Crippen LogP contribution < -0.4 is 0 Å². The highest BCUT2D eigenvalue weighted by atomic mass is 16.5. The molecule has 0 N–H and O–H groups in total. The van der Waals surface area contributed by atoms with Crippen LogP contribution in [0.1, 0.15) is 13.3 Å². The molecule has 2 unspecified atom stereocenters. The summed E-state index contributed by atoms with van der Waals surface area (Å²) in [5.74, 6) is 0. The second kappa shape index (κ2) is 5.45. The van der Waals surface area contributed by atoms with Gasteiger partial charge in [0.15, 0.2) is 0 Å². The summed E-state index contributed by atoms with van der Waals surface area (Å²) in [4.78, 5) is 0. The van der Waals surface area contributed by atoms with Gasteiger partial charge in [-0.25, -0.2) is 0 Å². The maximum Gasteiger partial charge on any atom is 0.101 e. The molecule has 60 valence electrons. The summed E-state index contributed by atoms with van der Waals surface area (Å²) in [6.45, 7) is 5.70. The fourth-order valence-electron chi connectivity index (χ4n) is 0.933. The SMILES string of the molecule is C=CC(OC)C(CC)OC. The Morgan fingerprint density at radius 2 is 2.00 bits per heavy atom. The average molecular weight is 144 g/mol. The first-order chi connectivity index (χ1) is 4.79. The van der Waals surface area contributed by atoms with Crippen LogP contribution in [0.25, 0.3) is 0 Å². The molecule has 0 aliphatic carbocycles. The van der Waals surface area contributed by atoms with Crippen LogP contribution >= 0.6 is 0 Å². The lowest BCUT2D eigenvalue weighted by atomic mass is 10.1. The van der Waals surface area contributed by atoms with Crippen LogP contribution in [0.15, 0.2) is 12.7 Å². The third-order valence-electron chi connectivity index (χ3n) is 1.58. The van der Waals surface area contributed by atoms with Crippen LogP contribution in [-0.2, 0) is 9.47 Å². The van der Waals surface area contributed by atoms with Crippen molar-refractivity contribution in [3.05, 3.63) is 12.7 Å². The first-order valence-electron chi connectivity index (χ1n) is 3.48. The van der Waals surface area contributed by atoms with E-state index in [9.17, 15) is 0 Å². The van der Waals surface area contributed by atoms with Crippen molar-refractivity contribution in [1.82, 2.24) is 0 Å². The number of hydrogen-bond acceptors (Lipinski definition) is 2. The van der Waals surface area contributed by atoms with Gasteiger partial charge in [0.2, 0.25) is 0 Å². The highest BCUT2D eigenvalue weighted by molar-refractivity contribution is 4.85. The molecule has 0 aromatic rings. The van der Waals surface area contributed by atoms with Crippen molar-refractivity contribution < 1.29 is 9.47 Å². The van der Waals surface area contributed by atoms with Gasteiger partial charge in [-0.15, -0.1) is 6.58 Å². The lowest BCUT2D eigenvalue weighted by Crippen LogP contribution is -2.26. The van der Waals surface area contributed by atoms with E-state index in [1.807, 2.05) is 0 Å². The Labute approximate surface area is 62.8 Å². The molecule has 0 rings (SSSR count). The van der Waals surface area contributed by atoms with Crippen molar-refractivity contribution in [3.63, 3.8) is 0 Å². The van der Waals surface area contributed by atoms with E-state index in [1.165, 1.54) is 0 Å². The van der Waals surface area contributed by atoms with E-state index in [4.69, 9.17) is 9.47 Å². The van der Waals surface area contributed by atoms with Crippen molar-refractivity contribution in [3.8, 4) is 0 Å². The first-order valence-corrected chi connectivity index (χ1v) is 3.48. The number of ether oxygens (including phenoxy) is 2. The van der Waals surface area contributed by atoms with E-state index < -0.39 is 0 Å². The summed E-state index contributed by atoms with van der Waals surface area (Å²) in [5.41, 5.74) is 0. The normalized spacial score (nSPS) is 16.3. The van der Waals surface area contributed by atoms with Crippen LogP contribution in [0, 0.1) is 0 Å².